The number of aromatic nitrogens is 1. The normalized spacial score (nSPS) is 17.9. The highest BCUT2D eigenvalue weighted by Crippen LogP contribution is 2.39. The first-order chi connectivity index (χ1) is 13.0. The molecule has 0 spiro atoms. The van der Waals surface area contributed by atoms with Crippen LogP contribution in [0.5, 0.6) is 0 Å². The third-order valence-electron chi connectivity index (χ3n) is 4.57. The molecule has 0 radical (unpaired) electrons. The first kappa shape index (κ1) is 17.2. The van der Waals surface area contributed by atoms with Crippen LogP contribution < -0.4 is 10.6 Å². The predicted octanol–water partition coefficient (Wildman–Crippen LogP) is 3.96. The van der Waals surface area contributed by atoms with Gasteiger partial charge in [-0.1, -0.05) is 29.5 Å². The van der Waals surface area contributed by atoms with Gasteiger partial charge >= 0.3 is 0 Å². The largest absolute Gasteiger partial charge is 0.322 e. The number of carbonyl (C=O) groups excluding carboxylic acids is 2. The number of nitriles is 1. The molecule has 7 heteroatoms. The van der Waals surface area contributed by atoms with Crippen molar-refractivity contribution >= 4 is 44.2 Å². The highest BCUT2D eigenvalue weighted by molar-refractivity contribution is 7.22. The maximum Gasteiger partial charge on any atom is 0.255 e. The molecule has 6 nitrogen and oxygen atoms in total. The van der Waals surface area contributed by atoms with Crippen molar-refractivity contribution in [3.63, 3.8) is 0 Å². The fourth-order valence-electron chi connectivity index (χ4n) is 2.85. The van der Waals surface area contributed by atoms with Gasteiger partial charge in [-0.05, 0) is 43.2 Å². The Morgan fingerprint density at radius 1 is 1.22 bits per heavy atom. The van der Waals surface area contributed by atoms with E-state index < -0.39 is 0 Å². The minimum atomic E-state index is -0.238. The lowest BCUT2D eigenvalue weighted by molar-refractivity contribution is -0.117. The SMILES string of the molecule is Cc1ccccc1NC(=O)c1ccc2nc(NC(=O)C3CC3C#N)sc2c1. The van der Waals surface area contributed by atoms with Crippen LogP contribution >= 0.6 is 11.3 Å². The topological polar surface area (TPSA) is 94.9 Å². The molecule has 27 heavy (non-hydrogen) atoms. The second-order valence-corrected chi connectivity index (χ2v) is 7.57. The van der Waals surface area contributed by atoms with E-state index in [9.17, 15) is 9.59 Å². The van der Waals surface area contributed by atoms with Gasteiger partial charge in [0.25, 0.3) is 5.91 Å². The summed E-state index contributed by atoms with van der Waals surface area (Å²) in [5.74, 6) is -0.785. The van der Waals surface area contributed by atoms with Crippen molar-refractivity contribution in [3.8, 4) is 6.07 Å². The fraction of sp³-hybridized carbons (Fsp3) is 0.200. The number of thiazole rings is 1. The zero-order chi connectivity index (χ0) is 19.0. The maximum absolute atomic E-state index is 12.5. The zero-order valence-corrected chi connectivity index (χ0v) is 15.3. The summed E-state index contributed by atoms with van der Waals surface area (Å²) in [6, 6.07) is 15.0. The lowest BCUT2D eigenvalue weighted by Crippen LogP contribution is -2.14. The number of nitrogens with zero attached hydrogens (tertiary/aromatic N) is 2. The van der Waals surface area contributed by atoms with Crippen molar-refractivity contribution in [2.75, 3.05) is 10.6 Å². The monoisotopic (exact) mass is 376 g/mol. The Morgan fingerprint density at radius 3 is 2.78 bits per heavy atom. The van der Waals surface area contributed by atoms with Gasteiger partial charge in [0.2, 0.25) is 5.91 Å². The smallest absolute Gasteiger partial charge is 0.255 e. The zero-order valence-electron chi connectivity index (χ0n) is 14.5. The summed E-state index contributed by atoms with van der Waals surface area (Å²) in [6.07, 6.45) is 0.608. The van der Waals surface area contributed by atoms with Crippen LogP contribution in [0.1, 0.15) is 22.3 Å². The van der Waals surface area contributed by atoms with Crippen molar-refractivity contribution in [3.05, 3.63) is 53.6 Å². The van der Waals surface area contributed by atoms with E-state index in [4.69, 9.17) is 5.26 Å². The molecule has 3 aromatic rings. The van der Waals surface area contributed by atoms with Crippen LogP contribution in [0.15, 0.2) is 42.5 Å². The number of para-hydroxylation sites is 1. The highest BCUT2D eigenvalue weighted by Gasteiger charge is 2.43. The molecule has 0 saturated heterocycles. The van der Waals surface area contributed by atoms with Crippen molar-refractivity contribution in [2.24, 2.45) is 11.8 Å². The van der Waals surface area contributed by atoms with Gasteiger partial charge in [0.1, 0.15) is 0 Å². The Labute approximate surface area is 159 Å². The van der Waals surface area contributed by atoms with Crippen LogP contribution in [0.3, 0.4) is 0 Å². The molecule has 2 aromatic carbocycles. The summed E-state index contributed by atoms with van der Waals surface area (Å²) in [6.45, 7) is 1.94. The second-order valence-electron chi connectivity index (χ2n) is 6.54. The number of hydrogen-bond acceptors (Lipinski definition) is 5. The van der Waals surface area contributed by atoms with Gasteiger partial charge in [0.05, 0.1) is 28.1 Å². The standard InChI is InChI=1S/C20H16N4O2S/c1-11-4-2-3-5-15(11)22-18(25)12-6-7-16-17(9-12)27-20(23-16)24-19(26)14-8-13(14)10-21/h2-7,9,13-14H,8H2,1H3,(H,22,25)(H,23,24,26). The number of amides is 2. The molecule has 2 atom stereocenters. The number of aryl methyl sites for hydroxylation is 1. The second kappa shape index (κ2) is 6.82. The summed E-state index contributed by atoms with van der Waals surface area (Å²) in [5.41, 5.74) is 3.01. The lowest BCUT2D eigenvalue weighted by Gasteiger charge is -2.07. The molecular weight excluding hydrogens is 360 g/mol. The minimum absolute atomic E-state index is 0.168. The van der Waals surface area contributed by atoms with Gasteiger partial charge in [-0.25, -0.2) is 4.98 Å². The van der Waals surface area contributed by atoms with Gasteiger partial charge < -0.3 is 10.6 Å². The van der Waals surface area contributed by atoms with Crippen LogP contribution in [0, 0.1) is 30.1 Å². The average Bonchev–Trinajstić information content (AvgIpc) is 3.35. The lowest BCUT2D eigenvalue weighted by atomic mass is 10.1. The quantitative estimate of drug-likeness (QED) is 0.721. The summed E-state index contributed by atoms with van der Waals surface area (Å²) >= 11 is 1.31. The Balaban J connectivity index is 1.51. The summed E-state index contributed by atoms with van der Waals surface area (Å²) < 4.78 is 0.815. The van der Waals surface area contributed by atoms with E-state index in [1.807, 2.05) is 31.2 Å². The van der Waals surface area contributed by atoms with Crippen molar-refractivity contribution in [1.29, 1.82) is 5.26 Å². The minimum Gasteiger partial charge on any atom is -0.322 e. The molecule has 2 N–H and O–H groups in total. The van der Waals surface area contributed by atoms with Crippen LogP contribution in [0.2, 0.25) is 0 Å². The van der Waals surface area contributed by atoms with Gasteiger partial charge in [0, 0.05) is 11.3 Å². The van der Waals surface area contributed by atoms with Crippen LogP contribution in [-0.4, -0.2) is 16.8 Å². The molecule has 4 rings (SSSR count). The van der Waals surface area contributed by atoms with Crippen molar-refractivity contribution < 1.29 is 9.59 Å². The first-order valence-electron chi connectivity index (χ1n) is 8.53. The van der Waals surface area contributed by atoms with E-state index >= 15 is 0 Å². The molecule has 0 bridgehead atoms. The summed E-state index contributed by atoms with van der Waals surface area (Å²) in [4.78, 5) is 29.0. The van der Waals surface area contributed by atoms with Gasteiger partial charge in [-0.3, -0.25) is 9.59 Å². The molecular formula is C20H16N4O2S. The third kappa shape index (κ3) is 3.52. The van der Waals surface area contributed by atoms with E-state index in [0.717, 1.165) is 21.5 Å². The molecule has 2 amide bonds. The van der Waals surface area contributed by atoms with E-state index in [2.05, 4.69) is 21.7 Å². The van der Waals surface area contributed by atoms with Gasteiger partial charge in [0.15, 0.2) is 5.13 Å². The van der Waals surface area contributed by atoms with Crippen LogP contribution in [-0.2, 0) is 4.79 Å². The van der Waals surface area contributed by atoms with E-state index in [1.54, 1.807) is 18.2 Å². The van der Waals surface area contributed by atoms with Crippen molar-refractivity contribution in [1.82, 2.24) is 4.98 Å². The molecule has 1 aliphatic carbocycles. The summed E-state index contributed by atoms with van der Waals surface area (Å²) in [5, 5.41) is 15.0. The Kier molecular flexibility index (Phi) is 4.34. The van der Waals surface area contributed by atoms with E-state index in [0.29, 0.717) is 17.1 Å². The molecule has 1 aliphatic rings. The molecule has 1 aromatic heterocycles. The molecule has 0 aliphatic heterocycles. The fourth-order valence-corrected chi connectivity index (χ4v) is 3.76. The van der Waals surface area contributed by atoms with E-state index in [-0.39, 0.29) is 23.7 Å². The van der Waals surface area contributed by atoms with Crippen LogP contribution in [0.25, 0.3) is 10.2 Å². The number of benzene rings is 2. The number of rotatable bonds is 4. The Morgan fingerprint density at radius 2 is 2.04 bits per heavy atom. The summed E-state index contributed by atoms with van der Waals surface area (Å²) in [7, 11) is 0. The first-order valence-corrected chi connectivity index (χ1v) is 9.35. The predicted molar refractivity (Wildman–Crippen MR) is 105 cm³/mol. The Bertz CT molecular complexity index is 1100. The molecule has 1 fully saturated rings. The third-order valence-corrected chi connectivity index (χ3v) is 5.50. The van der Waals surface area contributed by atoms with Gasteiger partial charge in [-0.15, -0.1) is 0 Å². The molecule has 134 valence electrons. The number of nitrogens with one attached hydrogen (secondary N) is 2. The molecule has 1 saturated carbocycles. The number of carbonyl (C=O) groups is 2. The van der Waals surface area contributed by atoms with Crippen molar-refractivity contribution in [2.45, 2.75) is 13.3 Å². The van der Waals surface area contributed by atoms with Crippen LogP contribution in [0.4, 0.5) is 10.8 Å². The molecule has 1 heterocycles. The number of hydrogen-bond donors (Lipinski definition) is 2. The maximum atomic E-state index is 12.5. The molecule has 2 unspecified atom stereocenters. The number of fused-ring (bicyclic) bond motifs is 1. The van der Waals surface area contributed by atoms with Gasteiger partial charge in [-0.2, -0.15) is 5.26 Å². The van der Waals surface area contributed by atoms with E-state index in [1.165, 1.54) is 11.3 Å². The Hall–Kier alpha value is -3.24. The average molecular weight is 376 g/mol. The number of anilines is 2. The highest BCUT2D eigenvalue weighted by atomic mass is 32.1.